The third kappa shape index (κ3) is 3.57. The maximum atomic E-state index is 12.0. The minimum Gasteiger partial charge on any atom is -0.393 e. The lowest BCUT2D eigenvalue weighted by atomic mass is 10.0. The third-order valence-corrected chi connectivity index (χ3v) is 2.98. The number of carbonyl (C=O) groups is 1. The van der Waals surface area contributed by atoms with Crippen LogP contribution in [-0.4, -0.2) is 28.8 Å². The van der Waals surface area contributed by atoms with Crippen LogP contribution in [0.4, 0.5) is 0 Å². The Kier molecular flexibility index (Phi) is 5.34. The Labute approximate surface area is 108 Å². The van der Waals surface area contributed by atoms with E-state index >= 15 is 0 Å². The van der Waals surface area contributed by atoms with Crippen molar-refractivity contribution in [1.82, 2.24) is 10.5 Å². The van der Waals surface area contributed by atoms with Gasteiger partial charge in [-0.2, -0.15) is 0 Å². The summed E-state index contributed by atoms with van der Waals surface area (Å²) >= 11 is 0. The molecule has 102 valence electrons. The molecule has 0 spiro atoms. The minimum atomic E-state index is -0.389. The molecule has 1 aromatic rings. The fraction of sp³-hybridized carbons (Fsp3) is 0.692. The Morgan fingerprint density at radius 3 is 2.72 bits per heavy atom. The molecule has 0 fully saturated rings. The van der Waals surface area contributed by atoms with Crippen molar-refractivity contribution < 1.29 is 14.4 Å². The van der Waals surface area contributed by atoms with Crippen molar-refractivity contribution in [3.05, 3.63) is 17.0 Å². The van der Waals surface area contributed by atoms with Gasteiger partial charge in [-0.25, -0.2) is 0 Å². The van der Waals surface area contributed by atoms with Crippen molar-refractivity contribution in [3.63, 3.8) is 0 Å². The van der Waals surface area contributed by atoms with Gasteiger partial charge in [0, 0.05) is 13.0 Å². The Morgan fingerprint density at radius 1 is 1.50 bits per heavy atom. The lowest BCUT2D eigenvalue weighted by molar-refractivity contribution is 0.0918. The largest absolute Gasteiger partial charge is 0.393 e. The van der Waals surface area contributed by atoms with Crippen LogP contribution in [0.3, 0.4) is 0 Å². The van der Waals surface area contributed by atoms with Gasteiger partial charge >= 0.3 is 0 Å². The highest BCUT2D eigenvalue weighted by atomic mass is 16.5. The van der Waals surface area contributed by atoms with E-state index in [1.165, 1.54) is 0 Å². The maximum Gasteiger partial charge on any atom is 0.256 e. The monoisotopic (exact) mass is 254 g/mol. The number of amides is 1. The van der Waals surface area contributed by atoms with Crippen LogP contribution in [0.2, 0.25) is 0 Å². The van der Waals surface area contributed by atoms with Crippen LogP contribution in [0, 0.1) is 12.8 Å². The summed E-state index contributed by atoms with van der Waals surface area (Å²) in [5.74, 6) is 0.626. The number of nitrogens with one attached hydrogen (secondary N) is 1. The SMILES string of the molecule is CCc1onc(C)c1C(=O)NCC[C@@H](O)C(C)C. The Balaban J connectivity index is 2.53. The summed E-state index contributed by atoms with van der Waals surface area (Å²) < 4.78 is 5.07. The lowest BCUT2D eigenvalue weighted by Gasteiger charge is -2.14. The van der Waals surface area contributed by atoms with Crippen molar-refractivity contribution in [2.45, 2.75) is 46.6 Å². The maximum absolute atomic E-state index is 12.0. The zero-order valence-electron chi connectivity index (χ0n) is 11.5. The van der Waals surface area contributed by atoms with Crippen LogP contribution >= 0.6 is 0 Å². The fourth-order valence-electron chi connectivity index (χ4n) is 1.70. The van der Waals surface area contributed by atoms with Crippen molar-refractivity contribution in [2.24, 2.45) is 5.92 Å². The van der Waals surface area contributed by atoms with Gasteiger partial charge in [0.15, 0.2) is 0 Å². The summed E-state index contributed by atoms with van der Waals surface area (Å²) in [4.78, 5) is 12.0. The standard InChI is InChI=1S/C13H22N2O3/c1-5-11-12(9(4)15-18-11)13(17)14-7-6-10(16)8(2)3/h8,10,16H,5-7H2,1-4H3,(H,14,17)/t10-/m1/s1. The highest BCUT2D eigenvalue weighted by Crippen LogP contribution is 2.14. The van der Waals surface area contributed by atoms with E-state index in [9.17, 15) is 9.90 Å². The molecule has 5 heteroatoms. The number of hydrogen-bond donors (Lipinski definition) is 2. The molecule has 2 N–H and O–H groups in total. The number of nitrogens with zero attached hydrogens (tertiary/aromatic N) is 1. The molecule has 1 aromatic heterocycles. The van der Waals surface area contributed by atoms with E-state index < -0.39 is 0 Å². The highest BCUT2D eigenvalue weighted by Gasteiger charge is 2.19. The number of rotatable bonds is 6. The van der Waals surface area contributed by atoms with E-state index in [1.807, 2.05) is 20.8 Å². The summed E-state index contributed by atoms with van der Waals surface area (Å²) in [5, 5.41) is 16.2. The van der Waals surface area contributed by atoms with Crippen LogP contribution in [0.15, 0.2) is 4.52 Å². The first-order valence-electron chi connectivity index (χ1n) is 6.38. The number of aryl methyl sites for hydroxylation is 2. The second kappa shape index (κ2) is 6.54. The van der Waals surface area contributed by atoms with E-state index in [-0.39, 0.29) is 17.9 Å². The molecule has 1 heterocycles. The lowest BCUT2D eigenvalue weighted by Crippen LogP contribution is -2.29. The van der Waals surface area contributed by atoms with Crippen molar-refractivity contribution >= 4 is 5.91 Å². The summed E-state index contributed by atoms with van der Waals surface area (Å²) in [6.07, 6.45) is 0.799. The summed E-state index contributed by atoms with van der Waals surface area (Å²) in [6.45, 7) is 8.02. The van der Waals surface area contributed by atoms with Crippen molar-refractivity contribution in [2.75, 3.05) is 6.54 Å². The summed E-state index contributed by atoms with van der Waals surface area (Å²) in [6, 6.07) is 0. The van der Waals surface area contributed by atoms with Gasteiger partial charge in [0.05, 0.1) is 11.8 Å². The third-order valence-electron chi connectivity index (χ3n) is 2.98. The van der Waals surface area contributed by atoms with E-state index in [0.717, 1.165) is 0 Å². The molecular weight excluding hydrogens is 232 g/mol. The Bertz CT molecular complexity index is 399. The Morgan fingerprint density at radius 2 is 2.17 bits per heavy atom. The van der Waals surface area contributed by atoms with Crippen molar-refractivity contribution in [1.29, 1.82) is 0 Å². The average molecular weight is 254 g/mol. The van der Waals surface area contributed by atoms with Gasteiger partial charge < -0.3 is 14.9 Å². The van der Waals surface area contributed by atoms with Gasteiger partial charge in [0.25, 0.3) is 5.91 Å². The van der Waals surface area contributed by atoms with Crippen LogP contribution in [0.5, 0.6) is 0 Å². The van der Waals surface area contributed by atoms with Crippen LogP contribution in [0.25, 0.3) is 0 Å². The number of aromatic nitrogens is 1. The van der Waals surface area contributed by atoms with Gasteiger partial charge in [0.1, 0.15) is 11.3 Å². The smallest absolute Gasteiger partial charge is 0.256 e. The number of carbonyl (C=O) groups excluding carboxylic acids is 1. The first-order valence-corrected chi connectivity index (χ1v) is 6.38. The number of aliphatic hydroxyl groups excluding tert-OH is 1. The minimum absolute atomic E-state index is 0.179. The molecule has 0 aliphatic heterocycles. The molecule has 0 radical (unpaired) electrons. The molecule has 1 atom stereocenters. The average Bonchev–Trinajstić information content (AvgIpc) is 2.69. The summed E-state index contributed by atoms with van der Waals surface area (Å²) in [5.41, 5.74) is 1.13. The van der Waals surface area contributed by atoms with E-state index in [1.54, 1.807) is 6.92 Å². The van der Waals surface area contributed by atoms with E-state index in [2.05, 4.69) is 10.5 Å². The molecule has 0 saturated carbocycles. The molecule has 0 aromatic carbocycles. The van der Waals surface area contributed by atoms with Crippen molar-refractivity contribution in [3.8, 4) is 0 Å². The van der Waals surface area contributed by atoms with Gasteiger partial charge in [-0.1, -0.05) is 25.9 Å². The molecular formula is C13H22N2O3. The molecule has 18 heavy (non-hydrogen) atoms. The number of hydrogen-bond acceptors (Lipinski definition) is 4. The predicted molar refractivity (Wildman–Crippen MR) is 68.4 cm³/mol. The second-order valence-corrected chi connectivity index (χ2v) is 4.78. The molecule has 0 unspecified atom stereocenters. The molecule has 0 aliphatic carbocycles. The quantitative estimate of drug-likeness (QED) is 0.810. The normalized spacial score (nSPS) is 12.8. The number of aliphatic hydroxyl groups is 1. The predicted octanol–water partition coefficient (Wildman–Crippen LogP) is 1.68. The van der Waals surface area contributed by atoms with Gasteiger partial charge in [-0.15, -0.1) is 0 Å². The molecule has 1 amide bonds. The first kappa shape index (κ1) is 14.7. The van der Waals surface area contributed by atoms with E-state index in [4.69, 9.17) is 4.52 Å². The molecule has 5 nitrogen and oxygen atoms in total. The zero-order valence-corrected chi connectivity index (χ0v) is 11.5. The molecule has 1 rings (SSSR count). The summed E-state index contributed by atoms with van der Waals surface area (Å²) in [7, 11) is 0. The van der Waals surface area contributed by atoms with E-state index in [0.29, 0.717) is 36.4 Å². The van der Waals surface area contributed by atoms with Gasteiger partial charge in [0.2, 0.25) is 0 Å². The molecule has 0 bridgehead atoms. The fourth-order valence-corrected chi connectivity index (χ4v) is 1.70. The molecule has 0 aliphatic rings. The zero-order chi connectivity index (χ0) is 13.7. The van der Waals surface area contributed by atoms with Crippen LogP contribution in [-0.2, 0) is 6.42 Å². The highest BCUT2D eigenvalue weighted by molar-refractivity contribution is 5.96. The first-order chi connectivity index (χ1) is 8.47. The van der Waals surface area contributed by atoms with Gasteiger partial charge in [-0.3, -0.25) is 4.79 Å². The van der Waals surface area contributed by atoms with Crippen LogP contribution < -0.4 is 5.32 Å². The second-order valence-electron chi connectivity index (χ2n) is 4.78. The topological polar surface area (TPSA) is 75.4 Å². The molecule has 0 saturated heterocycles. The Hall–Kier alpha value is -1.36. The van der Waals surface area contributed by atoms with Gasteiger partial charge in [-0.05, 0) is 19.3 Å². The van der Waals surface area contributed by atoms with Crippen LogP contribution in [0.1, 0.15) is 49.0 Å².